The smallest absolute Gasteiger partial charge is 0.253 e. The fourth-order valence-electron chi connectivity index (χ4n) is 2.18. The topological polar surface area (TPSA) is 38.3 Å². The van der Waals surface area contributed by atoms with E-state index in [4.69, 9.17) is 4.74 Å². The Labute approximate surface area is 126 Å². The molecule has 0 fully saturated rings. The Morgan fingerprint density at radius 3 is 2.19 bits per heavy atom. The van der Waals surface area contributed by atoms with E-state index in [-0.39, 0.29) is 12.0 Å². The highest BCUT2D eigenvalue weighted by Gasteiger charge is 2.16. The van der Waals surface area contributed by atoms with Gasteiger partial charge in [-0.15, -0.1) is 0 Å². The van der Waals surface area contributed by atoms with E-state index in [2.05, 4.69) is 17.4 Å². The molecule has 0 saturated heterocycles. The predicted octanol–water partition coefficient (Wildman–Crippen LogP) is 4.11. The van der Waals surface area contributed by atoms with Crippen molar-refractivity contribution in [3.05, 3.63) is 54.6 Å². The summed E-state index contributed by atoms with van der Waals surface area (Å²) in [6, 6.07) is 18.0. The highest BCUT2D eigenvalue weighted by molar-refractivity contribution is 5.94. The van der Waals surface area contributed by atoms with Crippen LogP contribution in [-0.4, -0.2) is 18.6 Å². The van der Waals surface area contributed by atoms with Gasteiger partial charge in [-0.25, -0.2) is 0 Å². The third-order valence-corrected chi connectivity index (χ3v) is 3.29. The van der Waals surface area contributed by atoms with Gasteiger partial charge in [0.05, 0.1) is 0 Å². The first-order valence-electron chi connectivity index (χ1n) is 7.32. The summed E-state index contributed by atoms with van der Waals surface area (Å²) >= 11 is 0. The van der Waals surface area contributed by atoms with E-state index >= 15 is 0 Å². The summed E-state index contributed by atoms with van der Waals surface area (Å²) in [7, 11) is 0. The van der Waals surface area contributed by atoms with Gasteiger partial charge in [0.2, 0.25) is 0 Å². The average molecular weight is 283 g/mol. The Bertz CT molecular complexity index is 564. The van der Waals surface area contributed by atoms with Gasteiger partial charge in [0, 0.05) is 12.3 Å². The minimum Gasteiger partial charge on any atom is -0.369 e. The molecule has 2 aromatic rings. The van der Waals surface area contributed by atoms with Crippen molar-refractivity contribution in [2.24, 2.45) is 0 Å². The van der Waals surface area contributed by atoms with Crippen LogP contribution in [0.15, 0.2) is 54.6 Å². The molecule has 1 amide bonds. The summed E-state index contributed by atoms with van der Waals surface area (Å²) in [6.07, 6.45) is 0.283. The van der Waals surface area contributed by atoms with Gasteiger partial charge in [-0.3, -0.25) is 4.79 Å². The van der Waals surface area contributed by atoms with Gasteiger partial charge in [-0.2, -0.15) is 0 Å². The van der Waals surface area contributed by atoms with E-state index in [1.165, 1.54) is 0 Å². The maximum atomic E-state index is 12.1. The lowest BCUT2D eigenvalue weighted by Gasteiger charge is -2.15. The normalized spacial score (nSPS) is 11.9. The van der Waals surface area contributed by atoms with E-state index in [0.29, 0.717) is 13.0 Å². The van der Waals surface area contributed by atoms with Crippen molar-refractivity contribution in [2.75, 3.05) is 11.9 Å². The van der Waals surface area contributed by atoms with Gasteiger partial charge in [-0.05, 0) is 36.6 Å². The molecule has 0 aliphatic heterocycles. The lowest BCUT2D eigenvalue weighted by atomic mass is 10.1. The highest BCUT2D eigenvalue weighted by atomic mass is 16.5. The summed E-state index contributed by atoms with van der Waals surface area (Å²) in [5.74, 6) is -0.0909. The summed E-state index contributed by atoms with van der Waals surface area (Å²) in [4.78, 5) is 12.1. The Hall–Kier alpha value is -2.13. The van der Waals surface area contributed by atoms with Crippen LogP contribution in [0.4, 0.5) is 5.69 Å². The van der Waals surface area contributed by atoms with Crippen LogP contribution in [0.5, 0.6) is 0 Å². The number of amides is 1. The maximum Gasteiger partial charge on any atom is 0.253 e. The Balaban J connectivity index is 2.04. The van der Waals surface area contributed by atoms with Crippen LogP contribution in [0.3, 0.4) is 0 Å². The van der Waals surface area contributed by atoms with Crippen molar-refractivity contribution in [2.45, 2.75) is 26.4 Å². The number of carbonyl (C=O) groups is 1. The quantitative estimate of drug-likeness (QED) is 0.866. The fraction of sp³-hybridized carbons (Fsp3) is 0.278. The molecule has 1 unspecified atom stereocenters. The van der Waals surface area contributed by atoms with E-state index in [1.807, 2.05) is 56.3 Å². The lowest BCUT2D eigenvalue weighted by Crippen LogP contribution is -2.29. The number of ether oxygens (including phenoxy) is 1. The zero-order valence-electron chi connectivity index (χ0n) is 12.5. The molecule has 0 saturated carbocycles. The van der Waals surface area contributed by atoms with Crippen molar-refractivity contribution in [1.29, 1.82) is 0 Å². The molecule has 0 radical (unpaired) electrons. The molecule has 1 N–H and O–H groups in total. The van der Waals surface area contributed by atoms with Crippen molar-refractivity contribution < 1.29 is 9.53 Å². The number of anilines is 1. The number of hydrogen-bond acceptors (Lipinski definition) is 2. The monoisotopic (exact) mass is 283 g/mol. The first-order valence-corrected chi connectivity index (χ1v) is 7.32. The molecule has 0 spiro atoms. The molecule has 0 heterocycles. The molecule has 110 valence electrons. The van der Waals surface area contributed by atoms with E-state index < -0.39 is 0 Å². The van der Waals surface area contributed by atoms with Crippen LogP contribution in [0.25, 0.3) is 11.1 Å². The van der Waals surface area contributed by atoms with E-state index in [1.54, 1.807) is 0 Å². The minimum absolute atomic E-state index is 0.0909. The SMILES string of the molecule is CCOC(CC)C(=O)Nc1ccc(-c2ccccc2)cc1. The molecule has 3 nitrogen and oxygen atoms in total. The average Bonchev–Trinajstić information content (AvgIpc) is 2.54. The van der Waals surface area contributed by atoms with Crippen molar-refractivity contribution in [1.82, 2.24) is 0 Å². The van der Waals surface area contributed by atoms with E-state index in [0.717, 1.165) is 16.8 Å². The number of nitrogens with one attached hydrogen (secondary N) is 1. The van der Waals surface area contributed by atoms with Gasteiger partial charge < -0.3 is 10.1 Å². The highest BCUT2D eigenvalue weighted by Crippen LogP contribution is 2.21. The van der Waals surface area contributed by atoms with Gasteiger partial charge >= 0.3 is 0 Å². The molecular formula is C18H21NO2. The zero-order valence-corrected chi connectivity index (χ0v) is 12.5. The zero-order chi connectivity index (χ0) is 15.1. The van der Waals surface area contributed by atoms with Crippen LogP contribution in [0.1, 0.15) is 20.3 Å². The summed E-state index contributed by atoms with van der Waals surface area (Å²) < 4.78 is 5.41. The van der Waals surface area contributed by atoms with Crippen LogP contribution in [0, 0.1) is 0 Å². The molecule has 2 aromatic carbocycles. The second-order valence-corrected chi connectivity index (χ2v) is 4.78. The molecule has 0 aromatic heterocycles. The molecule has 21 heavy (non-hydrogen) atoms. The van der Waals surface area contributed by atoms with Crippen LogP contribution in [-0.2, 0) is 9.53 Å². The molecule has 0 aliphatic rings. The number of rotatable bonds is 6. The largest absolute Gasteiger partial charge is 0.369 e. The van der Waals surface area contributed by atoms with Gasteiger partial charge in [0.25, 0.3) is 5.91 Å². The first kappa shape index (κ1) is 15.3. The van der Waals surface area contributed by atoms with Crippen LogP contribution >= 0.6 is 0 Å². The molecule has 1 atom stereocenters. The molecule has 2 rings (SSSR count). The second kappa shape index (κ2) is 7.60. The van der Waals surface area contributed by atoms with E-state index in [9.17, 15) is 4.79 Å². The Morgan fingerprint density at radius 1 is 1.00 bits per heavy atom. The molecule has 3 heteroatoms. The summed E-state index contributed by atoms with van der Waals surface area (Å²) in [5, 5.41) is 2.89. The van der Waals surface area contributed by atoms with Gasteiger partial charge in [0.1, 0.15) is 6.10 Å². The van der Waals surface area contributed by atoms with Crippen LogP contribution in [0.2, 0.25) is 0 Å². The fourth-order valence-corrected chi connectivity index (χ4v) is 2.18. The van der Waals surface area contributed by atoms with Crippen molar-refractivity contribution in [3.8, 4) is 11.1 Å². The standard InChI is InChI=1S/C18H21NO2/c1-3-17(21-4-2)18(20)19-16-12-10-15(11-13-16)14-8-6-5-7-9-14/h5-13,17H,3-4H2,1-2H3,(H,19,20). The predicted molar refractivity (Wildman–Crippen MR) is 86.2 cm³/mol. The third kappa shape index (κ3) is 4.17. The van der Waals surface area contributed by atoms with Crippen molar-refractivity contribution in [3.63, 3.8) is 0 Å². The molecular weight excluding hydrogens is 262 g/mol. The minimum atomic E-state index is -0.385. The maximum absolute atomic E-state index is 12.1. The lowest BCUT2D eigenvalue weighted by molar-refractivity contribution is -0.127. The van der Waals surface area contributed by atoms with Gasteiger partial charge in [0.15, 0.2) is 0 Å². The third-order valence-electron chi connectivity index (χ3n) is 3.29. The van der Waals surface area contributed by atoms with Gasteiger partial charge in [-0.1, -0.05) is 49.4 Å². The Kier molecular flexibility index (Phi) is 5.52. The summed E-state index contributed by atoms with van der Waals surface area (Å²) in [6.45, 7) is 4.38. The van der Waals surface area contributed by atoms with Crippen LogP contribution < -0.4 is 5.32 Å². The Morgan fingerprint density at radius 2 is 1.62 bits per heavy atom. The second-order valence-electron chi connectivity index (χ2n) is 4.78. The first-order chi connectivity index (χ1) is 10.2. The number of carbonyl (C=O) groups excluding carboxylic acids is 1. The summed E-state index contributed by atoms with van der Waals surface area (Å²) in [5.41, 5.74) is 3.08. The van der Waals surface area contributed by atoms with Crippen molar-refractivity contribution >= 4 is 11.6 Å². The number of hydrogen-bond donors (Lipinski definition) is 1. The molecule has 0 bridgehead atoms. The molecule has 0 aliphatic carbocycles. The number of benzene rings is 2.